The average Bonchev–Trinajstić information content (AvgIpc) is 2.88. The van der Waals surface area contributed by atoms with E-state index >= 15 is 0 Å². The van der Waals surface area contributed by atoms with Crippen molar-refractivity contribution < 1.29 is 29.4 Å². The van der Waals surface area contributed by atoms with Gasteiger partial charge in [-0.2, -0.15) is 0 Å². The molecule has 4 N–H and O–H groups in total. The van der Waals surface area contributed by atoms with Gasteiger partial charge in [-0.1, -0.05) is 6.07 Å². The summed E-state index contributed by atoms with van der Waals surface area (Å²) in [4.78, 5) is 44.5. The fraction of sp³-hybridized carbons (Fsp3) is 0.273. The minimum atomic E-state index is -1.53. The number of rotatable bonds is 7. The molecule has 0 aliphatic rings. The van der Waals surface area contributed by atoms with Crippen LogP contribution < -0.4 is 10.6 Å². The second kappa shape index (κ2) is 7.24. The first-order valence-corrected chi connectivity index (χ1v) is 6.33. The molecule has 20 heavy (non-hydrogen) atoms. The van der Waals surface area contributed by atoms with Crippen molar-refractivity contribution in [2.75, 3.05) is 6.54 Å². The number of hydrogen-bond donors (Lipinski definition) is 4. The van der Waals surface area contributed by atoms with E-state index in [-0.39, 0.29) is 0 Å². The van der Waals surface area contributed by atoms with Gasteiger partial charge in [-0.3, -0.25) is 14.4 Å². The number of carboxylic acid groups (broad SMARTS) is 2. The number of carbonyl (C=O) groups is 4. The highest BCUT2D eigenvalue weighted by atomic mass is 32.1. The Morgan fingerprint density at radius 1 is 1.25 bits per heavy atom. The van der Waals surface area contributed by atoms with Gasteiger partial charge < -0.3 is 20.8 Å². The number of nitrogens with one attached hydrogen (secondary N) is 2. The van der Waals surface area contributed by atoms with Crippen molar-refractivity contribution in [2.24, 2.45) is 0 Å². The molecule has 9 heteroatoms. The van der Waals surface area contributed by atoms with Gasteiger partial charge in [0.15, 0.2) is 0 Å². The molecule has 0 saturated heterocycles. The third-order valence-electron chi connectivity index (χ3n) is 2.17. The van der Waals surface area contributed by atoms with Gasteiger partial charge in [0, 0.05) is 0 Å². The predicted molar refractivity (Wildman–Crippen MR) is 68.5 cm³/mol. The highest BCUT2D eigenvalue weighted by molar-refractivity contribution is 7.12. The van der Waals surface area contributed by atoms with E-state index in [4.69, 9.17) is 10.2 Å². The minimum Gasteiger partial charge on any atom is -0.481 e. The van der Waals surface area contributed by atoms with Crippen LogP contribution in [0.1, 0.15) is 16.1 Å². The lowest BCUT2D eigenvalue weighted by atomic mass is 10.2. The summed E-state index contributed by atoms with van der Waals surface area (Å²) in [5, 5.41) is 23.3. The fourth-order valence-electron chi connectivity index (χ4n) is 1.28. The number of amides is 2. The number of carboxylic acids is 2. The minimum absolute atomic E-state index is 0.415. The van der Waals surface area contributed by atoms with Gasteiger partial charge in [0.2, 0.25) is 5.91 Å². The van der Waals surface area contributed by atoms with E-state index in [9.17, 15) is 19.2 Å². The molecular formula is C11H12N2O6S. The van der Waals surface area contributed by atoms with Crippen LogP contribution in [0.5, 0.6) is 0 Å². The molecule has 0 fully saturated rings. The van der Waals surface area contributed by atoms with Crippen LogP contribution >= 0.6 is 11.3 Å². The molecule has 1 aromatic heterocycles. The Balaban J connectivity index is 2.44. The fourth-order valence-corrected chi connectivity index (χ4v) is 1.92. The maximum atomic E-state index is 11.5. The van der Waals surface area contributed by atoms with E-state index in [2.05, 4.69) is 5.32 Å². The van der Waals surface area contributed by atoms with Crippen molar-refractivity contribution in [1.29, 1.82) is 0 Å². The van der Waals surface area contributed by atoms with Crippen molar-refractivity contribution in [3.63, 3.8) is 0 Å². The third-order valence-corrected chi connectivity index (χ3v) is 3.04. The van der Waals surface area contributed by atoms with Gasteiger partial charge in [0.25, 0.3) is 5.91 Å². The normalized spacial score (nSPS) is 11.4. The van der Waals surface area contributed by atoms with Crippen molar-refractivity contribution in [3.8, 4) is 0 Å². The Labute approximate surface area is 117 Å². The van der Waals surface area contributed by atoms with E-state index in [1.807, 2.05) is 5.32 Å². The summed E-state index contributed by atoms with van der Waals surface area (Å²) in [6, 6.07) is 1.72. The third kappa shape index (κ3) is 5.06. The average molecular weight is 300 g/mol. The Morgan fingerprint density at radius 2 is 1.95 bits per heavy atom. The molecule has 0 spiro atoms. The topological polar surface area (TPSA) is 133 Å². The smallest absolute Gasteiger partial charge is 0.326 e. The van der Waals surface area contributed by atoms with E-state index < -0.39 is 42.8 Å². The number of aliphatic carboxylic acids is 2. The number of hydrogen-bond acceptors (Lipinski definition) is 5. The Kier molecular flexibility index (Phi) is 5.66. The van der Waals surface area contributed by atoms with E-state index in [1.165, 1.54) is 11.3 Å². The molecule has 0 aliphatic carbocycles. The lowest BCUT2D eigenvalue weighted by Crippen LogP contribution is -2.46. The summed E-state index contributed by atoms with van der Waals surface area (Å²) in [7, 11) is 0. The van der Waals surface area contributed by atoms with E-state index in [0.717, 1.165) is 0 Å². The highest BCUT2D eigenvalue weighted by Gasteiger charge is 2.23. The molecule has 0 aliphatic heterocycles. The summed E-state index contributed by atoms with van der Waals surface area (Å²) in [5.74, 6) is -4.03. The summed E-state index contributed by atoms with van der Waals surface area (Å²) >= 11 is 1.19. The monoisotopic (exact) mass is 300 g/mol. The quantitative estimate of drug-likeness (QED) is 0.537. The molecular weight excluding hydrogens is 288 g/mol. The SMILES string of the molecule is O=C(O)C[C@@H](NC(=O)CNC(=O)c1cccs1)C(=O)O. The molecule has 1 atom stereocenters. The molecule has 0 radical (unpaired) electrons. The zero-order valence-electron chi connectivity index (χ0n) is 10.2. The van der Waals surface area contributed by atoms with Gasteiger partial charge in [-0.05, 0) is 11.4 Å². The van der Waals surface area contributed by atoms with Crippen LogP contribution in [0.15, 0.2) is 17.5 Å². The van der Waals surface area contributed by atoms with Gasteiger partial charge in [-0.15, -0.1) is 11.3 Å². The van der Waals surface area contributed by atoms with Crippen LogP contribution in [0, 0.1) is 0 Å². The number of thiophene rings is 1. The molecule has 108 valence electrons. The molecule has 0 bridgehead atoms. The van der Waals surface area contributed by atoms with Crippen LogP contribution in [0.2, 0.25) is 0 Å². The van der Waals surface area contributed by atoms with Crippen molar-refractivity contribution in [1.82, 2.24) is 10.6 Å². The molecule has 2 amide bonds. The maximum absolute atomic E-state index is 11.5. The Hall–Kier alpha value is -2.42. The van der Waals surface area contributed by atoms with E-state index in [0.29, 0.717) is 4.88 Å². The van der Waals surface area contributed by atoms with Crippen molar-refractivity contribution in [3.05, 3.63) is 22.4 Å². The first kappa shape index (κ1) is 15.6. The Morgan fingerprint density at radius 3 is 2.45 bits per heavy atom. The predicted octanol–water partition coefficient (Wildman–Crippen LogP) is -0.478. The zero-order valence-corrected chi connectivity index (χ0v) is 11.0. The van der Waals surface area contributed by atoms with Crippen LogP contribution in [-0.2, 0) is 14.4 Å². The maximum Gasteiger partial charge on any atom is 0.326 e. The second-order valence-electron chi connectivity index (χ2n) is 3.72. The van der Waals surface area contributed by atoms with Crippen LogP contribution in [0.3, 0.4) is 0 Å². The molecule has 1 rings (SSSR count). The standard InChI is InChI=1S/C11H12N2O6S/c14-8(13-6(11(18)19)4-9(15)16)5-12-10(17)7-2-1-3-20-7/h1-3,6H,4-5H2,(H,12,17)(H,13,14)(H,15,16)(H,18,19)/t6-/m1/s1. The molecule has 1 aromatic rings. The largest absolute Gasteiger partial charge is 0.481 e. The van der Waals surface area contributed by atoms with Gasteiger partial charge in [-0.25, -0.2) is 4.79 Å². The Bertz CT molecular complexity index is 513. The van der Waals surface area contributed by atoms with Crippen LogP contribution in [0.25, 0.3) is 0 Å². The lowest BCUT2D eigenvalue weighted by molar-refractivity contribution is -0.147. The van der Waals surface area contributed by atoms with Gasteiger partial charge in [0.1, 0.15) is 6.04 Å². The van der Waals surface area contributed by atoms with Crippen LogP contribution in [0.4, 0.5) is 0 Å². The molecule has 0 unspecified atom stereocenters. The molecule has 0 saturated carbocycles. The molecule has 8 nitrogen and oxygen atoms in total. The van der Waals surface area contributed by atoms with E-state index in [1.54, 1.807) is 17.5 Å². The summed E-state index contributed by atoms with van der Waals surface area (Å²) < 4.78 is 0. The van der Waals surface area contributed by atoms with Gasteiger partial charge in [0.05, 0.1) is 17.8 Å². The molecule has 1 heterocycles. The van der Waals surface area contributed by atoms with Crippen LogP contribution in [-0.4, -0.2) is 46.6 Å². The van der Waals surface area contributed by atoms with Crippen molar-refractivity contribution >= 4 is 35.1 Å². The lowest BCUT2D eigenvalue weighted by Gasteiger charge is -2.12. The summed E-state index contributed by atoms with van der Waals surface area (Å²) in [5.41, 5.74) is 0. The highest BCUT2D eigenvalue weighted by Crippen LogP contribution is 2.07. The number of carbonyl (C=O) groups excluding carboxylic acids is 2. The first-order valence-electron chi connectivity index (χ1n) is 5.46. The second-order valence-corrected chi connectivity index (χ2v) is 4.66. The zero-order chi connectivity index (χ0) is 15.1. The summed E-state index contributed by atoms with van der Waals surface area (Å²) in [6.07, 6.45) is -0.736. The van der Waals surface area contributed by atoms with Gasteiger partial charge >= 0.3 is 11.9 Å². The first-order chi connectivity index (χ1) is 9.40. The molecule has 0 aromatic carbocycles. The van der Waals surface area contributed by atoms with Crippen molar-refractivity contribution in [2.45, 2.75) is 12.5 Å². The summed E-state index contributed by atoms with van der Waals surface area (Å²) in [6.45, 7) is -0.430.